The molecule has 0 saturated carbocycles. The molecule has 5 aromatic carbocycles. The van der Waals surface area contributed by atoms with Crippen molar-refractivity contribution < 1.29 is 14.4 Å². The van der Waals surface area contributed by atoms with E-state index in [2.05, 4.69) is 24.5 Å². The van der Waals surface area contributed by atoms with E-state index in [-0.39, 0.29) is 17.4 Å². The van der Waals surface area contributed by atoms with Gasteiger partial charge in [-0.3, -0.25) is 14.4 Å². The fraction of sp³-hybridized carbons (Fsp3) is 0.0789. The van der Waals surface area contributed by atoms with Crippen LogP contribution in [0.4, 0.5) is 5.69 Å². The van der Waals surface area contributed by atoms with Gasteiger partial charge in [-0.15, -0.1) is 0 Å². The summed E-state index contributed by atoms with van der Waals surface area (Å²) < 4.78 is 0. The second-order valence-electron chi connectivity index (χ2n) is 10.5. The van der Waals surface area contributed by atoms with Gasteiger partial charge in [0.25, 0.3) is 11.8 Å². The van der Waals surface area contributed by atoms with Crippen molar-refractivity contribution in [2.24, 2.45) is 0 Å². The number of fused-ring (bicyclic) bond motifs is 1. The van der Waals surface area contributed by atoms with Crippen molar-refractivity contribution in [1.82, 2.24) is 5.32 Å². The zero-order valence-electron chi connectivity index (χ0n) is 24.1. The highest BCUT2D eigenvalue weighted by molar-refractivity contribution is 6.11. The molecule has 5 rings (SSSR count). The summed E-state index contributed by atoms with van der Waals surface area (Å²) in [4.78, 5) is 39.2. The Balaban J connectivity index is 1.32. The number of allylic oxidation sites excluding steroid dienone is 1. The molecule has 0 spiro atoms. The van der Waals surface area contributed by atoms with Crippen molar-refractivity contribution in [3.8, 4) is 0 Å². The van der Waals surface area contributed by atoms with Crippen LogP contribution in [0.15, 0.2) is 133 Å². The van der Waals surface area contributed by atoms with Crippen molar-refractivity contribution in [2.75, 3.05) is 5.32 Å². The van der Waals surface area contributed by atoms with Gasteiger partial charge in [-0.25, -0.2) is 0 Å². The van der Waals surface area contributed by atoms with E-state index < -0.39 is 5.91 Å². The Morgan fingerprint density at radius 2 is 1.35 bits per heavy atom. The molecule has 0 aliphatic heterocycles. The Kier molecular flexibility index (Phi) is 9.03. The maximum Gasteiger partial charge on any atom is 0.272 e. The molecule has 0 bridgehead atoms. The summed E-state index contributed by atoms with van der Waals surface area (Å²) in [6.45, 7) is 4.23. The largest absolute Gasteiger partial charge is 0.321 e. The molecule has 0 aliphatic rings. The monoisotopic (exact) mass is 564 g/mol. The standard InChI is InChI=1S/C38H32N2O3/c1-26(2)28-17-15-27(16-18-28)25-35(40-37(42)32-10-4-3-5-11-32)38(43)39-33-22-19-31(20-23-33)36(41)24-21-30-13-8-12-29-9-6-7-14-34(29)30/h3-26H,1-2H3,(H,39,43)(H,40,42)/b24-21+,35-25-. The lowest BCUT2D eigenvalue weighted by molar-refractivity contribution is -0.113. The van der Waals surface area contributed by atoms with Gasteiger partial charge in [-0.05, 0) is 81.9 Å². The first kappa shape index (κ1) is 29.0. The predicted molar refractivity (Wildman–Crippen MR) is 175 cm³/mol. The minimum Gasteiger partial charge on any atom is -0.321 e. The molecule has 43 heavy (non-hydrogen) atoms. The average Bonchev–Trinajstić information content (AvgIpc) is 3.04. The van der Waals surface area contributed by atoms with Crippen molar-refractivity contribution >= 4 is 46.2 Å². The smallest absolute Gasteiger partial charge is 0.272 e. The van der Waals surface area contributed by atoms with Crippen molar-refractivity contribution in [3.05, 3.63) is 161 Å². The number of amides is 2. The van der Waals surface area contributed by atoms with Crippen LogP contribution in [0.5, 0.6) is 0 Å². The Morgan fingerprint density at radius 1 is 0.674 bits per heavy atom. The molecule has 2 amide bonds. The molecule has 5 heteroatoms. The summed E-state index contributed by atoms with van der Waals surface area (Å²) in [5.41, 5.74) is 4.45. The SMILES string of the molecule is CC(C)c1ccc(/C=C(\NC(=O)c2ccccc2)C(=O)Nc2ccc(C(=O)/C=C/c3cccc4ccccc34)cc2)cc1. The van der Waals surface area contributed by atoms with Crippen LogP contribution in [0.1, 0.15) is 57.2 Å². The molecule has 0 atom stereocenters. The molecule has 5 nitrogen and oxygen atoms in total. The molecule has 0 fully saturated rings. The Morgan fingerprint density at radius 3 is 2.07 bits per heavy atom. The van der Waals surface area contributed by atoms with E-state index in [1.807, 2.05) is 78.9 Å². The van der Waals surface area contributed by atoms with Crippen LogP contribution in [-0.2, 0) is 4.79 Å². The van der Waals surface area contributed by atoms with Gasteiger partial charge in [0.05, 0.1) is 0 Å². The number of carbonyl (C=O) groups is 3. The van der Waals surface area contributed by atoms with Crippen LogP contribution >= 0.6 is 0 Å². The van der Waals surface area contributed by atoms with Gasteiger partial charge in [-0.2, -0.15) is 0 Å². The van der Waals surface area contributed by atoms with Crippen LogP contribution in [0, 0.1) is 0 Å². The molecular formula is C38H32N2O3. The van der Waals surface area contributed by atoms with Crippen LogP contribution in [-0.4, -0.2) is 17.6 Å². The van der Waals surface area contributed by atoms with Gasteiger partial charge < -0.3 is 10.6 Å². The zero-order valence-corrected chi connectivity index (χ0v) is 24.1. The lowest BCUT2D eigenvalue weighted by atomic mass is 10.0. The number of carbonyl (C=O) groups excluding carboxylic acids is 3. The minimum atomic E-state index is -0.479. The molecule has 2 N–H and O–H groups in total. The third-order valence-corrected chi connectivity index (χ3v) is 7.11. The number of anilines is 1. The second kappa shape index (κ2) is 13.4. The second-order valence-corrected chi connectivity index (χ2v) is 10.5. The first-order valence-electron chi connectivity index (χ1n) is 14.2. The maximum absolute atomic E-state index is 13.4. The number of ketones is 1. The molecular weight excluding hydrogens is 532 g/mol. The van der Waals surface area contributed by atoms with Crippen LogP contribution in [0.3, 0.4) is 0 Å². The number of hydrogen-bond donors (Lipinski definition) is 2. The quantitative estimate of drug-likeness (QED) is 0.140. The Bertz CT molecular complexity index is 1810. The van der Waals surface area contributed by atoms with Gasteiger partial charge in [0.2, 0.25) is 0 Å². The summed E-state index contributed by atoms with van der Waals surface area (Å²) in [7, 11) is 0. The van der Waals surface area contributed by atoms with Crippen molar-refractivity contribution in [3.63, 3.8) is 0 Å². The van der Waals surface area contributed by atoms with E-state index in [0.29, 0.717) is 22.7 Å². The van der Waals surface area contributed by atoms with E-state index in [1.54, 1.807) is 60.7 Å². The van der Waals surface area contributed by atoms with E-state index in [9.17, 15) is 14.4 Å². The first-order valence-corrected chi connectivity index (χ1v) is 14.2. The van der Waals surface area contributed by atoms with Crippen LogP contribution < -0.4 is 10.6 Å². The maximum atomic E-state index is 13.4. The highest BCUT2D eigenvalue weighted by atomic mass is 16.2. The molecule has 0 radical (unpaired) electrons. The Labute approximate surface area is 251 Å². The topological polar surface area (TPSA) is 75.3 Å². The summed E-state index contributed by atoms with van der Waals surface area (Å²) >= 11 is 0. The lowest BCUT2D eigenvalue weighted by Gasteiger charge is -2.12. The van der Waals surface area contributed by atoms with Gasteiger partial charge in [0, 0.05) is 16.8 Å². The lowest BCUT2D eigenvalue weighted by Crippen LogP contribution is -2.30. The molecule has 0 heterocycles. The zero-order chi connectivity index (χ0) is 30.2. The summed E-state index contributed by atoms with van der Waals surface area (Å²) in [5.74, 6) is -0.639. The highest BCUT2D eigenvalue weighted by Crippen LogP contribution is 2.21. The normalized spacial score (nSPS) is 11.6. The molecule has 0 aliphatic carbocycles. The molecule has 5 aromatic rings. The van der Waals surface area contributed by atoms with Crippen molar-refractivity contribution in [1.29, 1.82) is 0 Å². The number of hydrogen-bond acceptors (Lipinski definition) is 3. The summed E-state index contributed by atoms with van der Waals surface area (Å²) in [6, 6.07) is 37.3. The minimum absolute atomic E-state index is 0.101. The third-order valence-electron chi connectivity index (χ3n) is 7.11. The fourth-order valence-electron chi connectivity index (χ4n) is 4.66. The number of rotatable bonds is 9. The molecule has 0 aromatic heterocycles. The fourth-order valence-corrected chi connectivity index (χ4v) is 4.66. The first-order chi connectivity index (χ1) is 20.9. The van der Waals surface area contributed by atoms with E-state index in [4.69, 9.17) is 0 Å². The van der Waals surface area contributed by atoms with Gasteiger partial charge in [0.15, 0.2) is 5.78 Å². The molecule has 0 saturated heterocycles. The summed E-state index contributed by atoms with van der Waals surface area (Å²) in [6.07, 6.45) is 5.02. The predicted octanol–water partition coefficient (Wildman–Crippen LogP) is 8.27. The highest BCUT2D eigenvalue weighted by Gasteiger charge is 2.15. The van der Waals surface area contributed by atoms with Gasteiger partial charge >= 0.3 is 0 Å². The summed E-state index contributed by atoms with van der Waals surface area (Å²) in [5, 5.41) is 7.79. The average molecular weight is 565 g/mol. The van der Waals surface area contributed by atoms with Crippen LogP contribution in [0.2, 0.25) is 0 Å². The van der Waals surface area contributed by atoms with E-state index in [0.717, 1.165) is 21.9 Å². The van der Waals surface area contributed by atoms with Crippen LogP contribution in [0.25, 0.3) is 22.9 Å². The Hall–Kier alpha value is -5.55. The molecule has 212 valence electrons. The third kappa shape index (κ3) is 7.40. The van der Waals surface area contributed by atoms with E-state index in [1.165, 1.54) is 5.56 Å². The van der Waals surface area contributed by atoms with E-state index >= 15 is 0 Å². The van der Waals surface area contributed by atoms with Crippen molar-refractivity contribution in [2.45, 2.75) is 19.8 Å². The molecule has 0 unspecified atom stereocenters. The van der Waals surface area contributed by atoms with Gasteiger partial charge in [-0.1, -0.05) is 105 Å². The van der Waals surface area contributed by atoms with Gasteiger partial charge in [0.1, 0.15) is 5.70 Å². The number of benzene rings is 5. The number of nitrogens with one attached hydrogen (secondary N) is 2.